The standard InChI is InChI=1S/C23H19Cl2N3O/c1-13-5-3-8-19(26-13)28-22(20-17(24)6-4-7-18(20)25)16-12-11-15-10-9-14(2)27-21(15)23(16)29/h3-12,22,29H,1-2H3,(H,26,28). The summed E-state index contributed by atoms with van der Waals surface area (Å²) in [5.74, 6) is 0.745. The highest BCUT2D eigenvalue weighted by molar-refractivity contribution is 6.36. The summed E-state index contributed by atoms with van der Waals surface area (Å²) in [5.41, 5.74) is 3.52. The van der Waals surface area contributed by atoms with E-state index in [0.717, 1.165) is 16.8 Å². The van der Waals surface area contributed by atoms with Gasteiger partial charge >= 0.3 is 0 Å². The van der Waals surface area contributed by atoms with E-state index in [0.29, 0.717) is 32.5 Å². The van der Waals surface area contributed by atoms with Crippen LogP contribution in [0.1, 0.15) is 28.6 Å². The van der Waals surface area contributed by atoms with Gasteiger partial charge in [-0.3, -0.25) is 0 Å². The maximum Gasteiger partial charge on any atom is 0.147 e. The number of phenols is 1. The van der Waals surface area contributed by atoms with Crippen LogP contribution >= 0.6 is 23.2 Å². The average molecular weight is 424 g/mol. The normalized spacial score (nSPS) is 12.1. The number of benzene rings is 2. The first-order chi connectivity index (χ1) is 13.9. The Morgan fingerprint density at radius 1 is 0.828 bits per heavy atom. The van der Waals surface area contributed by atoms with Crippen LogP contribution < -0.4 is 5.32 Å². The summed E-state index contributed by atoms with van der Waals surface area (Å²) in [7, 11) is 0. The Morgan fingerprint density at radius 3 is 2.21 bits per heavy atom. The molecule has 0 saturated heterocycles. The average Bonchev–Trinajstić information content (AvgIpc) is 2.68. The number of anilines is 1. The fourth-order valence-corrected chi connectivity index (χ4v) is 4.00. The van der Waals surface area contributed by atoms with Crippen LogP contribution in [0, 0.1) is 13.8 Å². The number of hydrogen-bond donors (Lipinski definition) is 2. The second-order valence-electron chi connectivity index (χ2n) is 6.90. The number of phenolic OH excluding ortho intramolecular Hbond substituents is 1. The molecule has 0 radical (unpaired) electrons. The molecule has 146 valence electrons. The summed E-state index contributed by atoms with van der Waals surface area (Å²) in [6.45, 7) is 3.81. The van der Waals surface area contributed by atoms with E-state index in [2.05, 4.69) is 15.3 Å². The minimum Gasteiger partial charge on any atom is -0.505 e. The molecule has 0 aliphatic rings. The maximum atomic E-state index is 11.1. The second kappa shape index (κ2) is 7.90. The van der Waals surface area contributed by atoms with Gasteiger partial charge in [0, 0.05) is 37.9 Å². The van der Waals surface area contributed by atoms with Crippen LogP contribution in [0.3, 0.4) is 0 Å². The summed E-state index contributed by atoms with van der Waals surface area (Å²) in [6.07, 6.45) is 0. The van der Waals surface area contributed by atoms with Gasteiger partial charge in [0.25, 0.3) is 0 Å². The number of aryl methyl sites for hydroxylation is 2. The van der Waals surface area contributed by atoms with E-state index in [-0.39, 0.29) is 5.75 Å². The molecule has 2 N–H and O–H groups in total. The summed E-state index contributed by atoms with van der Waals surface area (Å²) in [6, 6.07) is 18.2. The number of aromatic nitrogens is 2. The van der Waals surface area contributed by atoms with E-state index in [1.807, 2.05) is 56.3 Å². The minimum atomic E-state index is -0.516. The van der Waals surface area contributed by atoms with Gasteiger partial charge in [0.2, 0.25) is 0 Å². The number of fused-ring (bicyclic) bond motifs is 1. The van der Waals surface area contributed by atoms with Crippen LogP contribution in [0.5, 0.6) is 5.75 Å². The molecule has 0 aliphatic heterocycles. The van der Waals surface area contributed by atoms with E-state index in [4.69, 9.17) is 23.2 Å². The van der Waals surface area contributed by atoms with E-state index in [9.17, 15) is 5.11 Å². The lowest BCUT2D eigenvalue weighted by atomic mass is 9.96. The third-order valence-electron chi connectivity index (χ3n) is 4.79. The van der Waals surface area contributed by atoms with Crippen molar-refractivity contribution in [2.75, 3.05) is 5.32 Å². The SMILES string of the molecule is Cc1cccc(NC(c2ccc3ccc(C)nc3c2O)c2c(Cl)cccc2Cl)n1. The van der Waals surface area contributed by atoms with Crippen LogP contribution in [0.4, 0.5) is 5.82 Å². The van der Waals surface area contributed by atoms with E-state index >= 15 is 0 Å². The number of rotatable bonds is 4. The third-order valence-corrected chi connectivity index (χ3v) is 5.44. The summed E-state index contributed by atoms with van der Waals surface area (Å²) >= 11 is 13.1. The van der Waals surface area contributed by atoms with Crippen molar-refractivity contribution < 1.29 is 5.11 Å². The molecular formula is C23H19Cl2N3O. The highest BCUT2D eigenvalue weighted by atomic mass is 35.5. The van der Waals surface area contributed by atoms with Crippen molar-refractivity contribution >= 4 is 39.9 Å². The molecule has 29 heavy (non-hydrogen) atoms. The number of nitrogens with one attached hydrogen (secondary N) is 1. The smallest absolute Gasteiger partial charge is 0.147 e. The van der Waals surface area contributed by atoms with Crippen LogP contribution in [0.2, 0.25) is 10.0 Å². The molecule has 2 aromatic carbocycles. The Labute approximate surface area is 179 Å². The number of pyridine rings is 2. The Morgan fingerprint density at radius 2 is 1.48 bits per heavy atom. The van der Waals surface area contributed by atoms with Crippen LogP contribution in [0.25, 0.3) is 10.9 Å². The first kappa shape index (κ1) is 19.5. The predicted octanol–water partition coefficient (Wildman–Crippen LogP) is 6.46. The molecule has 0 spiro atoms. The van der Waals surface area contributed by atoms with Gasteiger partial charge in [-0.2, -0.15) is 0 Å². The van der Waals surface area contributed by atoms with Crippen LogP contribution in [-0.2, 0) is 0 Å². The topological polar surface area (TPSA) is 58.0 Å². The Bertz CT molecular complexity index is 1190. The van der Waals surface area contributed by atoms with Gasteiger partial charge in [-0.15, -0.1) is 0 Å². The molecule has 4 rings (SSSR count). The quantitative estimate of drug-likeness (QED) is 0.395. The highest BCUT2D eigenvalue weighted by Crippen LogP contribution is 2.41. The molecular weight excluding hydrogens is 405 g/mol. The van der Waals surface area contributed by atoms with Crippen LogP contribution in [-0.4, -0.2) is 15.1 Å². The van der Waals surface area contributed by atoms with Crippen molar-refractivity contribution in [2.24, 2.45) is 0 Å². The molecule has 2 heterocycles. The number of halogens is 2. The third kappa shape index (κ3) is 3.86. The van der Waals surface area contributed by atoms with Crippen molar-refractivity contribution in [3.8, 4) is 5.75 Å². The molecule has 6 heteroatoms. The first-order valence-corrected chi connectivity index (χ1v) is 9.93. The van der Waals surface area contributed by atoms with Crippen molar-refractivity contribution in [2.45, 2.75) is 19.9 Å². The fraction of sp³-hybridized carbons (Fsp3) is 0.130. The van der Waals surface area contributed by atoms with Gasteiger partial charge in [0.15, 0.2) is 0 Å². The molecule has 0 saturated carbocycles. The Balaban J connectivity index is 1.93. The maximum absolute atomic E-state index is 11.1. The predicted molar refractivity (Wildman–Crippen MR) is 119 cm³/mol. The zero-order chi connectivity index (χ0) is 20.5. The molecule has 4 aromatic rings. The van der Waals surface area contributed by atoms with Gasteiger partial charge in [0.05, 0.1) is 6.04 Å². The zero-order valence-corrected chi connectivity index (χ0v) is 17.5. The second-order valence-corrected chi connectivity index (χ2v) is 7.72. The summed E-state index contributed by atoms with van der Waals surface area (Å²) in [4.78, 5) is 9.05. The zero-order valence-electron chi connectivity index (χ0n) is 15.9. The molecule has 1 unspecified atom stereocenters. The molecule has 1 atom stereocenters. The molecule has 0 bridgehead atoms. The summed E-state index contributed by atoms with van der Waals surface area (Å²) in [5, 5.41) is 16.4. The van der Waals surface area contributed by atoms with E-state index in [1.54, 1.807) is 18.2 Å². The van der Waals surface area contributed by atoms with Crippen molar-refractivity contribution in [1.29, 1.82) is 0 Å². The minimum absolute atomic E-state index is 0.0901. The highest BCUT2D eigenvalue weighted by Gasteiger charge is 2.24. The van der Waals surface area contributed by atoms with Gasteiger partial charge < -0.3 is 10.4 Å². The number of aromatic hydroxyl groups is 1. The van der Waals surface area contributed by atoms with Gasteiger partial charge in [-0.25, -0.2) is 9.97 Å². The first-order valence-electron chi connectivity index (χ1n) is 9.17. The number of hydrogen-bond acceptors (Lipinski definition) is 4. The van der Waals surface area contributed by atoms with E-state index in [1.165, 1.54) is 0 Å². The van der Waals surface area contributed by atoms with Crippen molar-refractivity contribution in [3.63, 3.8) is 0 Å². The Hall–Kier alpha value is -2.82. The molecule has 0 fully saturated rings. The largest absolute Gasteiger partial charge is 0.505 e. The monoisotopic (exact) mass is 423 g/mol. The van der Waals surface area contributed by atoms with Crippen LogP contribution in [0.15, 0.2) is 60.7 Å². The lowest BCUT2D eigenvalue weighted by Gasteiger charge is -2.24. The van der Waals surface area contributed by atoms with Crippen molar-refractivity contribution in [3.05, 3.63) is 93.2 Å². The lowest BCUT2D eigenvalue weighted by Crippen LogP contribution is -2.15. The molecule has 4 nitrogen and oxygen atoms in total. The molecule has 2 aromatic heterocycles. The van der Waals surface area contributed by atoms with Crippen molar-refractivity contribution in [1.82, 2.24) is 9.97 Å². The number of nitrogens with zero attached hydrogens (tertiary/aromatic N) is 2. The Kier molecular flexibility index (Phi) is 5.31. The van der Waals surface area contributed by atoms with Gasteiger partial charge in [0.1, 0.15) is 17.1 Å². The van der Waals surface area contributed by atoms with E-state index < -0.39 is 6.04 Å². The molecule has 0 aliphatic carbocycles. The lowest BCUT2D eigenvalue weighted by molar-refractivity contribution is 0.471. The van der Waals surface area contributed by atoms with Gasteiger partial charge in [-0.1, -0.05) is 53.5 Å². The fourth-order valence-electron chi connectivity index (χ4n) is 3.38. The van der Waals surface area contributed by atoms with Gasteiger partial charge in [-0.05, 0) is 44.2 Å². The summed E-state index contributed by atoms with van der Waals surface area (Å²) < 4.78 is 0. The molecule has 0 amide bonds.